The zero-order valence-electron chi connectivity index (χ0n) is 33.2. The van der Waals surface area contributed by atoms with Gasteiger partial charge >= 0.3 is 12.1 Å². The molecule has 3 aliphatic rings. The molecule has 7 N–H and O–H groups in total. The highest BCUT2D eigenvalue weighted by Crippen LogP contribution is 2.38. The Bertz CT molecular complexity index is 2330. The van der Waals surface area contributed by atoms with Gasteiger partial charge < -0.3 is 45.9 Å². The maximum absolute atomic E-state index is 13.1. The number of aromatic nitrogens is 7. The van der Waals surface area contributed by atoms with Crippen molar-refractivity contribution in [1.29, 1.82) is 0 Å². The van der Waals surface area contributed by atoms with Crippen LogP contribution in [0.4, 0.5) is 26.7 Å². The number of pyridine rings is 1. The fourth-order valence-electron chi connectivity index (χ4n) is 8.12. The van der Waals surface area contributed by atoms with Gasteiger partial charge in [-0.2, -0.15) is 5.10 Å². The molecule has 20 heteroatoms. The summed E-state index contributed by atoms with van der Waals surface area (Å²) < 4.78 is 14.8. The number of ether oxygens (including phenoxy) is 2. The molecule has 5 amide bonds. The molecule has 316 valence electrons. The van der Waals surface area contributed by atoms with E-state index in [4.69, 9.17) is 9.47 Å². The van der Waals surface area contributed by atoms with Crippen molar-refractivity contribution in [3.63, 3.8) is 0 Å². The van der Waals surface area contributed by atoms with Crippen LogP contribution in [0.25, 0.3) is 17.0 Å². The number of urea groups is 2. The van der Waals surface area contributed by atoms with E-state index in [1.165, 1.54) is 0 Å². The third kappa shape index (κ3) is 9.21. The summed E-state index contributed by atoms with van der Waals surface area (Å²) in [6, 6.07) is 7.51. The molecular formula is C40H49N13O7. The number of fused-ring (bicyclic) bond motifs is 2. The van der Waals surface area contributed by atoms with E-state index in [0.29, 0.717) is 84.7 Å². The van der Waals surface area contributed by atoms with Crippen LogP contribution in [-0.2, 0) is 22.6 Å². The van der Waals surface area contributed by atoms with Crippen LogP contribution in [0.3, 0.4) is 0 Å². The molecule has 0 spiro atoms. The summed E-state index contributed by atoms with van der Waals surface area (Å²) in [6.45, 7) is 4.18. The molecule has 5 aromatic rings. The summed E-state index contributed by atoms with van der Waals surface area (Å²) >= 11 is 0. The number of aliphatic hydroxyl groups is 2. The van der Waals surface area contributed by atoms with Crippen molar-refractivity contribution in [2.75, 3.05) is 48.9 Å². The van der Waals surface area contributed by atoms with Gasteiger partial charge in [0.1, 0.15) is 18.1 Å². The standard InChI is InChI=1S/C40H49N13O7/c1-24-19-26(45-40(58)47-30-21-42-33-11-12-44-53(33)36(30)25-5-2-3-6-25)20-43-35(24)31-23-51(50-49-31)14-16-60-18-17-59-15-13-41-39(57)46-29-8-4-7-27-28(29)22-52(38(27)56)32-9-10-34(54)48-37(32)55/h4,7-8,11-12,19-21,23,25,32,34,37,48,54-55H,2-3,5-6,9-10,13-18,22H2,1H3,(H2,41,46,57)(H2,45,47,58). The first kappa shape index (κ1) is 40.7. The minimum atomic E-state index is -1.05. The molecule has 1 aromatic carbocycles. The number of piperidine rings is 1. The summed E-state index contributed by atoms with van der Waals surface area (Å²) in [5.74, 6) is 0.0796. The highest BCUT2D eigenvalue weighted by atomic mass is 16.5. The second-order valence-electron chi connectivity index (χ2n) is 15.1. The van der Waals surface area contributed by atoms with E-state index in [-0.39, 0.29) is 25.6 Å². The van der Waals surface area contributed by atoms with Crippen LogP contribution in [0.1, 0.15) is 71.6 Å². The number of benzene rings is 1. The first-order chi connectivity index (χ1) is 29.2. The van der Waals surface area contributed by atoms with Crippen LogP contribution >= 0.6 is 0 Å². The Kier molecular flexibility index (Phi) is 12.5. The Morgan fingerprint density at radius 1 is 0.933 bits per heavy atom. The maximum Gasteiger partial charge on any atom is 0.323 e. The number of hydrogen-bond acceptors (Lipinski definition) is 13. The normalized spacial score (nSPS) is 19.1. The van der Waals surface area contributed by atoms with Crippen molar-refractivity contribution < 1.29 is 34.1 Å². The topological polar surface area (TPSA) is 247 Å². The Hall–Kier alpha value is -6.06. The SMILES string of the molecule is Cc1cc(NC(=O)Nc2cnc3ccnn3c2C2CCCC2)cnc1-c1cn(CCOCCOCCNC(=O)Nc2cccc3c2CN(C2CCC(O)NC2O)C3=O)nn1. The molecule has 2 aliphatic heterocycles. The maximum atomic E-state index is 13.1. The Balaban J connectivity index is 0.721. The van der Waals surface area contributed by atoms with E-state index in [1.807, 2.05) is 23.6 Å². The second kappa shape index (κ2) is 18.5. The first-order valence-electron chi connectivity index (χ1n) is 20.2. The summed E-state index contributed by atoms with van der Waals surface area (Å²) in [7, 11) is 0. The molecule has 8 rings (SSSR count). The van der Waals surface area contributed by atoms with Crippen LogP contribution in [0.2, 0.25) is 0 Å². The Labute approximate surface area is 345 Å². The number of hydrogen-bond donors (Lipinski definition) is 7. The average molecular weight is 824 g/mol. The number of nitrogens with zero attached hydrogens (tertiary/aromatic N) is 8. The van der Waals surface area contributed by atoms with Gasteiger partial charge in [-0.15, -0.1) is 5.10 Å². The molecule has 20 nitrogen and oxygen atoms in total. The van der Waals surface area contributed by atoms with Crippen LogP contribution in [-0.4, -0.2) is 119 Å². The van der Waals surface area contributed by atoms with E-state index in [1.54, 1.807) is 52.6 Å². The Morgan fingerprint density at radius 3 is 2.57 bits per heavy atom. The van der Waals surface area contributed by atoms with Crippen LogP contribution < -0.4 is 26.6 Å². The lowest BCUT2D eigenvalue weighted by Gasteiger charge is -2.37. The molecule has 4 aromatic heterocycles. The third-order valence-corrected chi connectivity index (χ3v) is 11.0. The van der Waals surface area contributed by atoms with Crippen LogP contribution in [0.5, 0.6) is 0 Å². The molecule has 6 heterocycles. The number of amides is 5. The van der Waals surface area contributed by atoms with Crippen molar-refractivity contribution in [2.45, 2.75) is 83.0 Å². The zero-order chi connectivity index (χ0) is 41.6. The summed E-state index contributed by atoms with van der Waals surface area (Å²) in [6.07, 6.45) is 10.2. The molecule has 0 radical (unpaired) electrons. The molecule has 3 atom stereocenters. The average Bonchev–Trinajstić information content (AvgIpc) is 4.06. The molecule has 1 saturated carbocycles. The number of aliphatic hydroxyl groups excluding tert-OH is 2. The van der Waals surface area contributed by atoms with Gasteiger partial charge in [0.25, 0.3) is 5.91 Å². The minimum Gasteiger partial charge on any atom is -0.379 e. The number of nitrogens with one attached hydrogen (secondary N) is 5. The van der Waals surface area contributed by atoms with E-state index >= 15 is 0 Å². The lowest BCUT2D eigenvalue weighted by atomic mass is 10.0. The summed E-state index contributed by atoms with van der Waals surface area (Å²) in [5.41, 5.74) is 6.61. The van der Waals surface area contributed by atoms with Gasteiger partial charge in [0, 0.05) is 41.9 Å². The largest absolute Gasteiger partial charge is 0.379 e. The van der Waals surface area contributed by atoms with Crippen LogP contribution in [0, 0.1) is 6.92 Å². The van der Waals surface area contributed by atoms with E-state index < -0.39 is 30.6 Å². The van der Waals surface area contributed by atoms with Gasteiger partial charge in [-0.25, -0.2) is 23.8 Å². The lowest BCUT2D eigenvalue weighted by molar-refractivity contribution is -0.0477. The quantitative estimate of drug-likeness (QED) is 0.0751. The highest BCUT2D eigenvalue weighted by Gasteiger charge is 2.40. The van der Waals surface area contributed by atoms with Crippen molar-refractivity contribution >= 4 is 40.7 Å². The predicted octanol–water partition coefficient (Wildman–Crippen LogP) is 3.19. The van der Waals surface area contributed by atoms with Crippen molar-refractivity contribution in [2.24, 2.45) is 0 Å². The zero-order valence-corrected chi connectivity index (χ0v) is 33.2. The van der Waals surface area contributed by atoms with Gasteiger partial charge in [0.15, 0.2) is 5.65 Å². The fourth-order valence-corrected chi connectivity index (χ4v) is 8.12. The molecule has 0 bridgehead atoms. The third-order valence-electron chi connectivity index (χ3n) is 11.0. The number of rotatable bonds is 15. The van der Waals surface area contributed by atoms with Crippen molar-refractivity contribution in [3.8, 4) is 11.4 Å². The number of anilines is 3. The predicted molar refractivity (Wildman–Crippen MR) is 218 cm³/mol. The van der Waals surface area contributed by atoms with Gasteiger partial charge in [-0.3, -0.25) is 15.1 Å². The van der Waals surface area contributed by atoms with Gasteiger partial charge in [-0.05, 0) is 56.4 Å². The van der Waals surface area contributed by atoms with E-state index in [9.17, 15) is 24.6 Å². The van der Waals surface area contributed by atoms with Crippen molar-refractivity contribution in [3.05, 3.63) is 77.5 Å². The smallest absolute Gasteiger partial charge is 0.323 e. The summed E-state index contributed by atoms with van der Waals surface area (Å²) in [5, 5.41) is 47.2. The van der Waals surface area contributed by atoms with E-state index in [2.05, 4.69) is 52.0 Å². The summed E-state index contributed by atoms with van der Waals surface area (Å²) in [4.78, 5) is 49.4. The van der Waals surface area contributed by atoms with Gasteiger partial charge in [-0.1, -0.05) is 24.1 Å². The number of carbonyl (C=O) groups excluding carboxylic acids is 3. The Morgan fingerprint density at radius 2 is 1.75 bits per heavy atom. The van der Waals surface area contributed by atoms with Crippen LogP contribution in [0.15, 0.2) is 55.1 Å². The molecule has 1 saturated heterocycles. The van der Waals surface area contributed by atoms with Gasteiger partial charge in [0.2, 0.25) is 0 Å². The molecule has 1 aliphatic carbocycles. The molecule has 2 fully saturated rings. The molecular weight excluding hydrogens is 775 g/mol. The van der Waals surface area contributed by atoms with Gasteiger partial charge in [0.05, 0.1) is 86.6 Å². The number of carbonyl (C=O) groups is 3. The second-order valence-corrected chi connectivity index (χ2v) is 15.1. The first-order valence-corrected chi connectivity index (χ1v) is 20.2. The van der Waals surface area contributed by atoms with E-state index in [0.717, 1.165) is 42.6 Å². The lowest BCUT2D eigenvalue weighted by Crippen LogP contribution is -2.56. The van der Waals surface area contributed by atoms with Crippen molar-refractivity contribution in [1.82, 2.24) is 50.1 Å². The monoisotopic (exact) mass is 823 g/mol. The minimum absolute atomic E-state index is 0.225. The number of aryl methyl sites for hydroxylation is 1. The molecule has 3 unspecified atom stereocenters. The molecule has 60 heavy (non-hydrogen) atoms. The highest BCUT2D eigenvalue weighted by molar-refractivity contribution is 6.02. The fraction of sp³-hybridized carbons (Fsp3) is 0.450.